The minimum Gasteiger partial charge on any atom is -0.492 e. The number of carbonyl (C=O) groups excluding carboxylic acids is 5. The number of benzene rings is 1. The van der Waals surface area contributed by atoms with Gasteiger partial charge in [0.05, 0.1) is 84.1 Å². The Morgan fingerprint density at radius 3 is 2.20 bits per heavy atom. The van der Waals surface area contributed by atoms with E-state index in [1.165, 1.54) is 49.3 Å². The summed E-state index contributed by atoms with van der Waals surface area (Å²) in [5.74, 6) is -5.97. The number of halogens is 2. The van der Waals surface area contributed by atoms with Crippen LogP contribution < -0.4 is 4.74 Å². The van der Waals surface area contributed by atoms with Gasteiger partial charge in [-0.05, 0) is 66.9 Å². The number of methoxy groups -OCH3 is 2. The summed E-state index contributed by atoms with van der Waals surface area (Å²) in [6.45, 7) is 18.7. The SMILES string of the molecule is CC[C@H]1OC(=O)[C@H](C)[C@@H](O[C@H]2C[C@@](C)(OC)[C@@H](O)[C@H](C)O2)[C@H](C)[C@@H](O[C@@H]2O[C@H](C)C[C@H](N(C)C(=O)N3CCOCC3)[C@H]2O)[C@](C)(OC)C[C@@H](C)C(=O)[C@H](C)[C@H]2[C@H](SCCOc3cc(C(=O)Cc4c(Cl)cncc4Cl)ccc3CO)C(=O)O[C@@]21C. The standard InChI is InChI=1S/C60H87Cl2N3O18S/c1-14-45-60(10)47(51(55(72)83-60)84-22-21-77-44-24-37(15-16-38(44)30-66)43(67)25-39-40(61)28-63-29-41(39)62)33(4)48(68)31(2)26-59(9,75-13)53(82-56-49(69)42(23-32(3)78-56)64(11)57(73)65-17-19-76-20-18-65)34(5)50(35(6)54(71)80-45)81-46-27-58(8,74-12)52(70)36(7)79-46/h15-16,24,28-29,31-36,42,45-47,49-53,56,66,69-70H,14,17-23,25-27,30H2,1-13H3/t31-,32-,33-,34+,35-,36+,42+,45-,46+,47+,49-,50+,51+,52+,53-,56+,58-,59-,60-/m1/s1. The van der Waals surface area contributed by atoms with E-state index < -0.39 is 125 Å². The van der Waals surface area contributed by atoms with Crippen molar-refractivity contribution in [2.45, 2.75) is 191 Å². The van der Waals surface area contributed by atoms with Crippen molar-refractivity contribution in [3.05, 3.63) is 57.3 Å². The Morgan fingerprint density at radius 1 is 0.905 bits per heavy atom. The minimum atomic E-state index is -1.54. The number of ether oxygens (including phenoxy) is 10. The van der Waals surface area contributed by atoms with Crippen LogP contribution in [0.25, 0.3) is 0 Å². The van der Waals surface area contributed by atoms with Gasteiger partial charge in [0.25, 0.3) is 0 Å². The second-order valence-corrected chi connectivity index (χ2v) is 26.0. The lowest BCUT2D eigenvalue weighted by Gasteiger charge is -2.50. The number of rotatable bonds is 17. The van der Waals surface area contributed by atoms with Crippen molar-refractivity contribution in [3.63, 3.8) is 0 Å². The number of aliphatic hydroxyl groups excluding tert-OH is 3. The fourth-order valence-corrected chi connectivity index (χ4v) is 14.9. The molecule has 5 aliphatic heterocycles. The van der Waals surface area contributed by atoms with Gasteiger partial charge in [-0.1, -0.05) is 63.0 Å². The van der Waals surface area contributed by atoms with Crippen molar-refractivity contribution in [3.8, 4) is 5.75 Å². The molecular formula is C60H87Cl2N3O18S. The molecule has 0 spiro atoms. The Labute approximate surface area is 507 Å². The summed E-state index contributed by atoms with van der Waals surface area (Å²) in [7, 11) is 4.61. The molecule has 7 rings (SSSR count). The summed E-state index contributed by atoms with van der Waals surface area (Å²) in [5.41, 5.74) is -2.96. The number of ketones is 2. The van der Waals surface area contributed by atoms with Crippen LogP contribution in [0.15, 0.2) is 30.6 Å². The molecular weight excluding hydrogens is 1150 g/mol. The van der Waals surface area contributed by atoms with Gasteiger partial charge in [0, 0.05) is 106 Å². The molecule has 2 amide bonds. The van der Waals surface area contributed by atoms with E-state index in [4.69, 9.17) is 70.6 Å². The molecule has 19 atom stereocenters. The number of hydrogen-bond acceptors (Lipinski definition) is 20. The molecule has 0 bridgehead atoms. The second-order valence-electron chi connectivity index (χ2n) is 23.9. The quantitative estimate of drug-likeness (QED) is 0.0828. The number of morpholine rings is 1. The fraction of sp³-hybridized carbons (Fsp3) is 0.733. The number of hydrogen-bond donors (Lipinski definition) is 3. The van der Waals surface area contributed by atoms with Crippen LogP contribution in [0.1, 0.15) is 116 Å². The van der Waals surface area contributed by atoms with Gasteiger partial charge >= 0.3 is 18.0 Å². The molecule has 3 N–H and O–H groups in total. The average Bonchev–Trinajstić information content (AvgIpc) is 2.16. The van der Waals surface area contributed by atoms with Crippen molar-refractivity contribution < 1.29 is 86.7 Å². The largest absolute Gasteiger partial charge is 0.492 e. The first-order chi connectivity index (χ1) is 39.7. The summed E-state index contributed by atoms with van der Waals surface area (Å²) in [6.07, 6.45) is -6.24. The number of likely N-dealkylation sites (N-methyl/N-ethyl adjacent to an activating group) is 1. The van der Waals surface area contributed by atoms with Gasteiger partial charge in [-0.3, -0.25) is 24.2 Å². The molecule has 84 heavy (non-hydrogen) atoms. The highest BCUT2D eigenvalue weighted by Crippen LogP contribution is 2.50. The molecule has 24 heteroatoms. The lowest BCUT2D eigenvalue weighted by atomic mass is 9.70. The summed E-state index contributed by atoms with van der Waals surface area (Å²) in [4.78, 5) is 79.6. The van der Waals surface area contributed by atoms with Crippen molar-refractivity contribution in [2.24, 2.45) is 29.6 Å². The van der Waals surface area contributed by atoms with E-state index in [0.717, 1.165) is 0 Å². The molecule has 5 aliphatic rings. The third-order valence-corrected chi connectivity index (χ3v) is 20.1. The fourth-order valence-electron chi connectivity index (χ4n) is 13.1. The van der Waals surface area contributed by atoms with E-state index in [1.807, 2.05) is 13.8 Å². The summed E-state index contributed by atoms with van der Waals surface area (Å²) in [6, 6.07) is 3.65. The van der Waals surface area contributed by atoms with E-state index >= 15 is 9.59 Å². The first kappa shape index (κ1) is 67.8. The van der Waals surface area contributed by atoms with Gasteiger partial charge in [0.15, 0.2) is 24.0 Å². The number of cyclic esters (lactones) is 1. The number of pyridine rings is 1. The van der Waals surface area contributed by atoms with E-state index in [1.54, 1.807) is 79.5 Å². The number of aliphatic hydroxyl groups is 3. The molecule has 0 aliphatic carbocycles. The number of urea groups is 1. The number of carbonyl (C=O) groups is 5. The molecule has 5 fully saturated rings. The Balaban J connectivity index is 1.22. The molecule has 5 saturated heterocycles. The molecule has 0 radical (unpaired) electrons. The highest BCUT2D eigenvalue weighted by atomic mass is 35.5. The predicted octanol–water partition coefficient (Wildman–Crippen LogP) is 6.88. The number of esters is 2. The van der Waals surface area contributed by atoms with Crippen LogP contribution in [0.3, 0.4) is 0 Å². The van der Waals surface area contributed by atoms with Crippen molar-refractivity contribution in [2.75, 3.05) is 59.9 Å². The maximum atomic E-state index is 15.4. The van der Waals surface area contributed by atoms with Crippen molar-refractivity contribution in [1.82, 2.24) is 14.8 Å². The van der Waals surface area contributed by atoms with Crippen LogP contribution in [0, 0.1) is 29.6 Å². The zero-order chi connectivity index (χ0) is 61.7. The molecule has 21 nitrogen and oxygen atoms in total. The molecule has 2 aromatic rings. The molecule has 0 saturated carbocycles. The molecule has 1 aromatic carbocycles. The van der Waals surface area contributed by atoms with Crippen LogP contribution in [0.4, 0.5) is 4.79 Å². The van der Waals surface area contributed by atoms with Crippen LogP contribution in [-0.4, -0.2) is 203 Å². The summed E-state index contributed by atoms with van der Waals surface area (Å²) in [5, 5.41) is 33.4. The number of fused-ring (bicyclic) bond motifs is 1. The monoisotopic (exact) mass is 1240 g/mol. The van der Waals surface area contributed by atoms with Crippen LogP contribution in [-0.2, 0) is 70.0 Å². The smallest absolute Gasteiger partial charge is 0.320 e. The normalized spacial score (nSPS) is 37.2. The maximum absolute atomic E-state index is 15.4. The predicted molar refractivity (Wildman–Crippen MR) is 311 cm³/mol. The second kappa shape index (κ2) is 28.6. The van der Waals surface area contributed by atoms with Crippen LogP contribution >= 0.6 is 35.0 Å². The third kappa shape index (κ3) is 14.5. The number of thioether (sulfide) groups is 1. The van der Waals surface area contributed by atoms with E-state index in [-0.39, 0.29) is 90.0 Å². The number of aromatic nitrogens is 1. The molecule has 1 aromatic heterocycles. The van der Waals surface area contributed by atoms with Gasteiger partial charge in [0.1, 0.15) is 35.1 Å². The van der Waals surface area contributed by atoms with Crippen LogP contribution in [0.5, 0.6) is 5.75 Å². The van der Waals surface area contributed by atoms with Crippen molar-refractivity contribution in [1.29, 1.82) is 0 Å². The zero-order valence-corrected chi connectivity index (χ0v) is 52.9. The molecule has 470 valence electrons. The van der Waals surface area contributed by atoms with Crippen molar-refractivity contribution >= 4 is 64.5 Å². The first-order valence-corrected chi connectivity index (χ1v) is 30.9. The van der Waals surface area contributed by atoms with E-state index in [9.17, 15) is 29.7 Å². The molecule has 6 heterocycles. The Kier molecular flexibility index (Phi) is 23.1. The average molecular weight is 1240 g/mol. The Bertz CT molecular complexity index is 2620. The maximum Gasteiger partial charge on any atom is 0.320 e. The number of Topliss-reactive ketones (excluding diaryl/α,β-unsaturated/α-hetero) is 2. The Hall–Kier alpha value is -3.75. The van der Waals surface area contributed by atoms with Crippen LogP contribution in [0.2, 0.25) is 10.0 Å². The Morgan fingerprint density at radius 2 is 1.57 bits per heavy atom. The topological polar surface area (TPSA) is 258 Å². The summed E-state index contributed by atoms with van der Waals surface area (Å²) >= 11 is 13.9. The van der Waals surface area contributed by atoms with Gasteiger partial charge in [0.2, 0.25) is 0 Å². The lowest BCUT2D eigenvalue weighted by Crippen LogP contribution is -2.62. The van der Waals surface area contributed by atoms with E-state index in [2.05, 4.69) is 4.98 Å². The first-order valence-electron chi connectivity index (χ1n) is 29.1. The zero-order valence-electron chi connectivity index (χ0n) is 50.6. The van der Waals surface area contributed by atoms with Gasteiger partial charge < -0.3 is 72.5 Å². The van der Waals surface area contributed by atoms with E-state index in [0.29, 0.717) is 37.4 Å². The third-order valence-electron chi connectivity index (χ3n) is 18.2. The number of amides is 2. The van der Waals surface area contributed by atoms with Gasteiger partial charge in [-0.25, -0.2) is 4.79 Å². The van der Waals surface area contributed by atoms with Gasteiger partial charge in [-0.2, -0.15) is 0 Å². The summed E-state index contributed by atoms with van der Waals surface area (Å²) < 4.78 is 63.8. The minimum absolute atomic E-state index is 0.00546. The highest BCUT2D eigenvalue weighted by molar-refractivity contribution is 8.00. The number of nitrogens with zero attached hydrogens (tertiary/aromatic N) is 3. The highest BCUT2D eigenvalue weighted by Gasteiger charge is 2.62. The molecule has 0 unspecified atom stereocenters. The lowest BCUT2D eigenvalue weighted by molar-refractivity contribution is -0.319. The van der Waals surface area contributed by atoms with Gasteiger partial charge in [-0.15, -0.1) is 11.8 Å².